The van der Waals surface area contributed by atoms with Crippen molar-refractivity contribution in [1.82, 2.24) is 4.98 Å². The van der Waals surface area contributed by atoms with Crippen molar-refractivity contribution in [1.29, 1.82) is 0 Å². The summed E-state index contributed by atoms with van der Waals surface area (Å²) in [5, 5.41) is 1.22. The highest BCUT2D eigenvalue weighted by molar-refractivity contribution is 5.96. The molecule has 2 nitrogen and oxygen atoms in total. The van der Waals surface area contributed by atoms with Gasteiger partial charge >= 0.3 is 0 Å². The molecular weight excluding hydrogens is 342 g/mol. The lowest BCUT2D eigenvalue weighted by Gasteiger charge is -2.00. The molecule has 0 radical (unpaired) electrons. The Morgan fingerprint density at radius 2 is 1.36 bits per heavy atom. The number of para-hydroxylation sites is 1. The number of hydrogen-bond donors (Lipinski definition) is 1. The van der Waals surface area contributed by atoms with Crippen LogP contribution in [0.1, 0.15) is 27.9 Å². The van der Waals surface area contributed by atoms with Gasteiger partial charge in [0.25, 0.3) is 0 Å². The van der Waals surface area contributed by atoms with Crippen LogP contribution in [-0.4, -0.2) is 12.1 Å². The highest BCUT2D eigenvalue weighted by Crippen LogP contribution is 2.26. The number of nitrogens with one attached hydrogen (secondary N) is 1. The minimum Gasteiger partial charge on any atom is -0.497 e. The monoisotopic (exact) mass is 365 g/mol. The molecule has 0 saturated carbocycles. The summed E-state index contributed by atoms with van der Waals surface area (Å²) in [5.41, 5.74) is 7.03. The van der Waals surface area contributed by atoms with Crippen LogP contribution in [0.3, 0.4) is 0 Å². The van der Waals surface area contributed by atoms with Gasteiger partial charge < -0.3 is 9.72 Å². The van der Waals surface area contributed by atoms with E-state index in [0.29, 0.717) is 0 Å². The zero-order valence-electron chi connectivity index (χ0n) is 16.1. The van der Waals surface area contributed by atoms with Crippen LogP contribution < -0.4 is 4.74 Å². The van der Waals surface area contributed by atoms with E-state index >= 15 is 0 Å². The summed E-state index contributed by atoms with van der Waals surface area (Å²) in [4.78, 5) is 3.54. The third-order valence-electron chi connectivity index (χ3n) is 4.85. The molecule has 0 saturated heterocycles. The zero-order chi connectivity index (χ0) is 19.3. The molecule has 0 atom stereocenters. The second-order valence-corrected chi connectivity index (χ2v) is 6.85. The average molecular weight is 365 g/mol. The lowest BCUT2D eigenvalue weighted by molar-refractivity contribution is 0.415. The van der Waals surface area contributed by atoms with Crippen molar-refractivity contribution in [2.75, 3.05) is 7.11 Å². The van der Waals surface area contributed by atoms with Gasteiger partial charge in [-0.05, 0) is 42.3 Å². The van der Waals surface area contributed by atoms with E-state index in [2.05, 4.69) is 96.9 Å². The fourth-order valence-electron chi connectivity index (χ4n) is 3.25. The Kier molecular flexibility index (Phi) is 5.11. The number of fused-ring (bicyclic) bond motifs is 1. The largest absolute Gasteiger partial charge is 0.497 e. The lowest BCUT2D eigenvalue weighted by Crippen LogP contribution is -1.81. The van der Waals surface area contributed by atoms with E-state index < -0.39 is 0 Å². The second-order valence-electron chi connectivity index (χ2n) is 6.85. The number of rotatable bonds is 5. The molecule has 2 heteroatoms. The molecule has 0 aliphatic rings. The average Bonchev–Trinajstić information content (AvgIpc) is 3.09. The number of aromatic nitrogens is 1. The van der Waals surface area contributed by atoms with E-state index in [1.165, 1.54) is 22.1 Å². The Balaban J connectivity index is 1.70. The van der Waals surface area contributed by atoms with E-state index in [0.717, 1.165) is 22.5 Å². The second kappa shape index (κ2) is 8.01. The van der Waals surface area contributed by atoms with E-state index in [9.17, 15) is 0 Å². The van der Waals surface area contributed by atoms with E-state index in [-0.39, 0.29) is 0 Å². The van der Waals surface area contributed by atoms with E-state index in [1.807, 2.05) is 12.1 Å². The molecule has 4 aromatic rings. The summed E-state index contributed by atoms with van der Waals surface area (Å²) >= 11 is 0. The van der Waals surface area contributed by atoms with Crippen LogP contribution in [0.5, 0.6) is 5.75 Å². The molecule has 0 aliphatic heterocycles. The molecular formula is C26H23NO. The van der Waals surface area contributed by atoms with Crippen molar-refractivity contribution in [2.24, 2.45) is 0 Å². The van der Waals surface area contributed by atoms with Crippen molar-refractivity contribution >= 4 is 35.2 Å². The van der Waals surface area contributed by atoms with Gasteiger partial charge in [-0.15, -0.1) is 0 Å². The normalized spacial score (nSPS) is 11.6. The fourth-order valence-corrected chi connectivity index (χ4v) is 3.25. The predicted octanol–water partition coefficient (Wildman–Crippen LogP) is 6.83. The first-order chi connectivity index (χ1) is 13.7. The van der Waals surface area contributed by atoms with Crippen molar-refractivity contribution in [3.8, 4) is 5.75 Å². The number of ether oxygens (including phenoxy) is 1. The fraction of sp³-hybridized carbons (Fsp3) is 0.0769. The van der Waals surface area contributed by atoms with Gasteiger partial charge in [0, 0.05) is 22.2 Å². The number of aromatic amines is 1. The smallest absolute Gasteiger partial charge is 0.118 e. The molecule has 0 bridgehead atoms. The molecule has 0 unspecified atom stereocenters. The predicted molar refractivity (Wildman–Crippen MR) is 120 cm³/mol. The number of benzene rings is 3. The summed E-state index contributed by atoms with van der Waals surface area (Å²) in [7, 11) is 1.68. The molecule has 0 fully saturated rings. The summed E-state index contributed by atoms with van der Waals surface area (Å²) in [6, 6.07) is 25.0. The van der Waals surface area contributed by atoms with Crippen molar-refractivity contribution < 1.29 is 4.74 Å². The zero-order valence-corrected chi connectivity index (χ0v) is 16.1. The molecule has 1 N–H and O–H groups in total. The van der Waals surface area contributed by atoms with Crippen LogP contribution >= 0.6 is 0 Å². The van der Waals surface area contributed by atoms with Gasteiger partial charge in [-0.2, -0.15) is 0 Å². The quantitative estimate of drug-likeness (QED) is 0.412. The summed E-state index contributed by atoms with van der Waals surface area (Å²) in [5.74, 6) is 0.867. The molecule has 0 aliphatic carbocycles. The molecule has 138 valence electrons. The molecule has 1 heterocycles. The van der Waals surface area contributed by atoms with Crippen molar-refractivity contribution in [3.63, 3.8) is 0 Å². The number of aryl methyl sites for hydroxylation is 1. The van der Waals surface area contributed by atoms with Gasteiger partial charge in [0.2, 0.25) is 0 Å². The minimum absolute atomic E-state index is 0.867. The Morgan fingerprint density at radius 1 is 0.714 bits per heavy atom. The maximum atomic E-state index is 5.24. The summed E-state index contributed by atoms with van der Waals surface area (Å²) in [6.45, 7) is 2.10. The molecule has 3 aromatic carbocycles. The van der Waals surface area contributed by atoms with Crippen LogP contribution in [0.4, 0.5) is 0 Å². The van der Waals surface area contributed by atoms with Gasteiger partial charge in [-0.3, -0.25) is 0 Å². The van der Waals surface area contributed by atoms with Gasteiger partial charge in [0.05, 0.1) is 7.11 Å². The standard InChI is InChI=1S/C26H23NO/c1-19-7-9-20(10-8-19)14-18-26-24(23-5-3-4-6-25(23)27-26)17-13-21-11-15-22(28-2)16-12-21/h3-18,27H,1-2H3/b17-13+,18-14+. The van der Waals surface area contributed by atoms with Gasteiger partial charge in [-0.25, -0.2) is 0 Å². The first-order valence-corrected chi connectivity index (χ1v) is 9.40. The highest BCUT2D eigenvalue weighted by atomic mass is 16.5. The lowest BCUT2D eigenvalue weighted by atomic mass is 10.1. The number of methoxy groups -OCH3 is 1. The Hall–Kier alpha value is -3.52. The van der Waals surface area contributed by atoms with Gasteiger partial charge in [-0.1, -0.05) is 78.4 Å². The Labute approximate surface area is 165 Å². The third-order valence-corrected chi connectivity index (χ3v) is 4.85. The number of hydrogen-bond acceptors (Lipinski definition) is 1. The summed E-state index contributed by atoms with van der Waals surface area (Å²) in [6.07, 6.45) is 8.61. The summed E-state index contributed by atoms with van der Waals surface area (Å²) < 4.78 is 5.24. The first kappa shape index (κ1) is 17.9. The third kappa shape index (κ3) is 3.91. The van der Waals surface area contributed by atoms with E-state index in [1.54, 1.807) is 7.11 Å². The molecule has 1 aromatic heterocycles. The van der Waals surface area contributed by atoms with Crippen LogP contribution in [0.25, 0.3) is 35.2 Å². The number of H-pyrrole nitrogens is 1. The van der Waals surface area contributed by atoms with Crippen LogP contribution in [-0.2, 0) is 0 Å². The van der Waals surface area contributed by atoms with Crippen LogP contribution in [0.15, 0.2) is 72.8 Å². The SMILES string of the molecule is COc1ccc(/C=C/c2c(/C=C/c3ccc(C)cc3)[nH]c3ccccc23)cc1. The van der Waals surface area contributed by atoms with E-state index in [4.69, 9.17) is 4.74 Å². The minimum atomic E-state index is 0.867. The van der Waals surface area contributed by atoms with Crippen molar-refractivity contribution in [3.05, 3.63) is 101 Å². The molecule has 28 heavy (non-hydrogen) atoms. The molecule has 0 amide bonds. The highest BCUT2D eigenvalue weighted by Gasteiger charge is 2.06. The Morgan fingerprint density at radius 3 is 2.07 bits per heavy atom. The molecule has 4 rings (SSSR count). The Bertz CT molecular complexity index is 1130. The topological polar surface area (TPSA) is 25.0 Å². The van der Waals surface area contributed by atoms with Gasteiger partial charge in [0.1, 0.15) is 5.75 Å². The first-order valence-electron chi connectivity index (χ1n) is 9.40. The molecule has 0 spiro atoms. The van der Waals surface area contributed by atoms with Crippen LogP contribution in [0.2, 0.25) is 0 Å². The maximum Gasteiger partial charge on any atom is 0.118 e. The van der Waals surface area contributed by atoms with Gasteiger partial charge in [0.15, 0.2) is 0 Å². The maximum absolute atomic E-state index is 5.24. The van der Waals surface area contributed by atoms with Crippen molar-refractivity contribution in [2.45, 2.75) is 6.92 Å². The van der Waals surface area contributed by atoms with Crippen LogP contribution in [0, 0.1) is 6.92 Å².